The van der Waals surface area contributed by atoms with Gasteiger partial charge in [0.1, 0.15) is 5.69 Å². The first-order chi connectivity index (χ1) is 11.3. The van der Waals surface area contributed by atoms with E-state index in [0.717, 1.165) is 12.1 Å². The van der Waals surface area contributed by atoms with Gasteiger partial charge in [-0.05, 0) is 38.9 Å². The van der Waals surface area contributed by atoms with Crippen molar-refractivity contribution in [3.8, 4) is 0 Å². The highest BCUT2D eigenvalue weighted by Crippen LogP contribution is 2.28. The van der Waals surface area contributed by atoms with E-state index in [1.807, 2.05) is 18.2 Å². The van der Waals surface area contributed by atoms with Gasteiger partial charge in [0.15, 0.2) is 0 Å². The molecule has 24 heavy (non-hydrogen) atoms. The maximum absolute atomic E-state index is 11.3. The molecule has 0 aliphatic heterocycles. The number of nitro groups is 1. The average molecular weight is 331 g/mol. The van der Waals surface area contributed by atoms with E-state index >= 15 is 0 Å². The number of aromatic nitrogens is 2. The average Bonchev–Trinajstić information content (AvgIpc) is 2.80. The standard InChI is InChI=1S/C17H25N5O2/c1-12(2)20(4)11-15-9-7-6-8-14(15)10-18-17-16(22(23)24)13(3)19-21(17)5/h6-9,12,18H,10-11H2,1-5H3. The molecule has 130 valence electrons. The highest BCUT2D eigenvalue weighted by molar-refractivity contribution is 5.59. The number of nitrogens with zero attached hydrogens (tertiary/aromatic N) is 4. The van der Waals surface area contributed by atoms with Crippen molar-refractivity contribution in [1.82, 2.24) is 14.7 Å². The molecule has 1 aromatic heterocycles. The molecule has 1 N–H and O–H groups in total. The first kappa shape index (κ1) is 17.9. The van der Waals surface area contributed by atoms with Crippen LogP contribution in [-0.2, 0) is 20.1 Å². The van der Waals surface area contributed by atoms with Gasteiger partial charge in [0.25, 0.3) is 0 Å². The van der Waals surface area contributed by atoms with E-state index in [1.165, 1.54) is 10.2 Å². The maximum Gasteiger partial charge on any atom is 0.333 e. The molecule has 0 fully saturated rings. The fraction of sp³-hybridized carbons (Fsp3) is 0.471. The minimum absolute atomic E-state index is 0.0364. The topological polar surface area (TPSA) is 76.2 Å². The van der Waals surface area contributed by atoms with E-state index in [0.29, 0.717) is 24.1 Å². The molecule has 1 aromatic carbocycles. The summed E-state index contributed by atoms with van der Waals surface area (Å²) in [6.45, 7) is 7.31. The van der Waals surface area contributed by atoms with E-state index in [-0.39, 0.29) is 10.6 Å². The zero-order valence-electron chi connectivity index (χ0n) is 14.9. The molecule has 0 unspecified atom stereocenters. The highest BCUT2D eigenvalue weighted by Gasteiger charge is 2.23. The predicted octanol–water partition coefficient (Wildman–Crippen LogP) is 3.09. The molecule has 0 aliphatic rings. The van der Waals surface area contributed by atoms with Crippen LogP contribution in [0.3, 0.4) is 0 Å². The summed E-state index contributed by atoms with van der Waals surface area (Å²) in [6, 6.07) is 8.60. The summed E-state index contributed by atoms with van der Waals surface area (Å²) in [5, 5.41) is 18.6. The van der Waals surface area contributed by atoms with Crippen molar-refractivity contribution in [1.29, 1.82) is 0 Å². The van der Waals surface area contributed by atoms with Gasteiger partial charge < -0.3 is 5.32 Å². The number of anilines is 1. The number of hydrogen-bond donors (Lipinski definition) is 1. The second-order valence-corrected chi connectivity index (χ2v) is 6.29. The quantitative estimate of drug-likeness (QED) is 0.623. The Balaban J connectivity index is 2.20. The Kier molecular flexibility index (Phi) is 5.56. The first-order valence-electron chi connectivity index (χ1n) is 8.00. The molecular weight excluding hydrogens is 306 g/mol. The van der Waals surface area contributed by atoms with Gasteiger partial charge in [-0.15, -0.1) is 0 Å². The van der Waals surface area contributed by atoms with Crippen molar-refractivity contribution < 1.29 is 4.92 Å². The fourth-order valence-electron chi connectivity index (χ4n) is 2.58. The second-order valence-electron chi connectivity index (χ2n) is 6.29. The summed E-state index contributed by atoms with van der Waals surface area (Å²) in [5.74, 6) is 0.435. The smallest absolute Gasteiger partial charge is 0.333 e. The predicted molar refractivity (Wildman–Crippen MR) is 95.0 cm³/mol. The monoisotopic (exact) mass is 331 g/mol. The van der Waals surface area contributed by atoms with Gasteiger partial charge in [-0.3, -0.25) is 15.0 Å². The van der Waals surface area contributed by atoms with Crippen molar-refractivity contribution in [3.63, 3.8) is 0 Å². The summed E-state index contributed by atoms with van der Waals surface area (Å²) in [4.78, 5) is 13.1. The highest BCUT2D eigenvalue weighted by atomic mass is 16.6. The molecule has 0 saturated carbocycles. The third kappa shape index (κ3) is 3.91. The van der Waals surface area contributed by atoms with E-state index in [1.54, 1.807) is 14.0 Å². The van der Waals surface area contributed by atoms with Crippen LogP contribution in [0.2, 0.25) is 0 Å². The van der Waals surface area contributed by atoms with Gasteiger partial charge in [-0.25, -0.2) is 4.68 Å². The van der Waals surface area contributed by atoms with Gasteiger partial charge in [0.05, 0.1) is 4.92 Å². The Morgan fingerprint density at radius 1 is 1.33 bits per heavy atom. The molecule has 2 rings (SSSR count). The number of benzene rings is 1. The molecule has 0 spiro atoms. The number of hydrogen-bond acceptors (Lipinski definition) is 5. The van der Waals surface area contributed by atoms with Gasteiger partial charge in [0, 0.05) is 26.2 Å². The molecule has 7 nitrogen and oxygen atoms in total. The maximum atomic E-state index is 11.3. The minimum atomic E-state index is -0.386. The van der Waals surface area contributed by atoms with Crippen LogP contribution in [0.5, 0.6) is 0 Å². The SMILES string of the molecule is Cc1nn(C)c(NCc2ccccc2CN(C)C(C)C)c1[N+](=O)[O-]. The van der Waals surface area contributed by atoms with Gasteiger partial charge in [0.2, 0.25) is 5.82 Å². The number of aryl methyl sites for hydroxylation is 2. The molecule has 2 aromatic rings. The third-order valence-electron chi connectivity index (χ3n) is 4.24. The van der Waals surface area contributed by atoms with Crippen LogP contribution in [0, 0.1) is 17.0 Å². The first-order valence-corrected chi connectivity index (χ1v) is 8.00. The number of nitrogens with one attached hydrogen (secondary N) is 1. The fourth-order valence-corrected chi connectivity index (χ4v) is 2.58. The lowest BCUT2D eigenvalue weighted by Gasteiger charge is -2.22. The number of rotatable bonds is 7. The molecule has 0 bridgehead atoms. The van der Waals surface area contributed by atoms with Crippen molar-refractivity contribution in [2.45, 2.75) is 39.9 Å². The Morgan fingerprint density at radius 3 is 2.54 bits per heavy atom. The van der Waals surface area contributed by atoms with Crippen molar-refractivity contribution in [2.24, 2.45) is 7.05 Å². The largest absolute Gasteiger partial charge is 0.360 e. The van der Waals surface area contributed by atoms with Crippen LogP contribution < -0.4 is 5.32 Å². The van der Waals surface area contributed by atoms with E-state index in [9.17, 15) is 10.1 Å². The van der Waals surface area contributed by atoms with E-state index < -0.39 is 0 Å². The second kappa shape index (κ2) is 7.44. The van der Waals surface area contributed by atoms with Crippen LogP contribution in [0.4, 0.5) is 11.5 Å². The molecule has 7 heteroatoms. The summed E-state index contributed by atoms with van der Waals surface area (Å²) in [7, 11) is 3.80. The van der Waals surface area contributed by atoms with Gasteiger partial charge >= 0.3 is 5.69 Å². The van der Waals surface area contributed by atoms with Crippen LogP contribution >= 0.6 is 0 Å². The van der Waals surface area contributed by atoms with Crippen LogP contribution in [0.1, 0.15) is 30.7 Å². The molecule has 0 atom stereocenters. The van der Waals surface area contributed by atoms with Crippen molar-refractivity contribution >= 4 is 11.5 Å². The van der Waals surface area contributed by atoms with E-state index in [4.69, 9.17) is 0 Å². The summed E-state index contributed by atoms with van der Waals surface area (Å²) >= 11 is 0. The molecule has 1 heterocycles. The normalized spacial score (nSPS) is 11.3. The lowest BCUT2D eigenvalue weighted by atomic mass is 10.1. The zero-order valence-corrected chi connectivity index (χ0v) is 14.9. The molecule has 0 saturated heterocycles. The molecule has 0 amide bonds. The Bertz CT molecular complexity index is 724. The van der Waals surface area contributed by atoms with Crippen LogP contribution in [0.25, 0.3) is 0 Å². The Labute approximate surface area is 142 Å². The summed E-state index contributed by atoms with van der Waals surface area (Å²) < 4.78 is 1.52. The van der Waals surface area contributed by atoms with E-state index in [2.05, 4.69) is 42.3 Å². The summed E-state index contributed by atoms with van der Waals surface area (Å²) in [6.07, 6.45) is 0. The zero-order chi connectivity index (χ0) is 17.9. The molecule has 0 aliphatic carbocycles. The summed E-state index contributed by atoms with van der Waals surface area (Å²) in [5.41, 5.74) is 2.79. The van der Waals surface area contributed by atoms with Crippen LogP contribution in [-0.4, -0.2) is 32.7 Å². The van der Waals surface area contributed by atoms with Crippen LogP contribution in [0.15, 0.2) is 24.3 Å². The lowest BCUT2D eigenvalue weighted by molar-refractivity contribution is -0.384. The Hall–Kier alpha value is -2.41. The van der Waals surface area contributed by atoms with Crippen molar-refractivity contribution in [2.75, 3.05) is 12.4 Å². The molecular formula is C17H25N5O2. The molecule has 0 radical (unpaired) electrons. The third-order valence-corrected chi connectivity index (χ3v) is 4.24. The lowest BCUT2D eigenvalue weighted by Crippen LogP contribution is -2.26. The van der Waals surface area contributed by atoms with Gasteiger partial charge in [-0.2, -0.15) is 5.10 Å². The van der Waals surface area contributed by atoms with Crippen molar-refractivity contribution in [3.05, 3.63) is 51.2 Å². The minimum Gasteiger partial charge on any atom is -0.360 e. The van der Waals surface area contributed by atoms with Gasteiger partial charge in [-0.1, -0.05) is 24.3 Å². The Morgan fingerprint density at radius 2 is 1.96 bits per heavy atom.